The molecule has 0 saturated carbocycles. The van der Waals surface area contributed by atoms with E-state index in [0.29, 0.717) is 24.5 Å². The van der Waals surface area contributed by atoms with Crippen LogP contribution in [0.15, 0.2) is 4.79 Å². The van der Waals surface area contributed by atoms with Gasteiger partial charge in [0.05, 0.1) is 12.1 Å². The van der Waals surface area contributed by atoms with Crippen molar-refractivity contribution in [3.63, 3.8) is 0 Å². The van der Waals surface area contributed by atoms with Gasteiger partial charge in [-0.05, 0) is 5.41 Å². The van der Waals surface area contributed by atoms with Crippen molar-refractivity contribution < 1.29 is 5.11 Å². The molecule has 1 aromatic rings. The standard InChI is InChI=1S/C11H17N3O2/c1-11(2,3)8-9(15)13-7-6-12-4-5-14(7)10(8)16/h12,15H,4-6H2,1-3H3. The first kappa shape index (κ1) is 11.1. The van der Waals surface area contributed by atoms with Crippen molar-refractivity contribution in [2.45, 2.75) is 39.3 Å². The Kier molecular flexibility index (Phi) is 2.50. The molecule has 0 bridgehead atoms. The lowest BCUT2D eigenvalue weighted by Gasteiger charge is -2.24. The molecule has 0 radical (unpaired) electrons. The number of rotatable bonds is 0. The summed E-state index contributed by atoms with van der Waals surface area (Å²) in [5, 5.41) is 13.0. The quantitative estimate of drug-likeness (QED) is 0.666. The van der Waals surface area contributed by atoms with E-state index in [9.17, 15) is 9.90 Å². The molecule has 1 aliphatic heterocycles. The lowest BCUT2D eigenvalue weighted by molar-refractivity contribution is 0.392. The first-order valence-corrected chi connectivity index (χ1v) is 5.45. The van der Waals surface area contributed by atoms with Crippen LogP contribution in [-0.2, 0) is 18.5 Å². The lowest BCUT2D eigenvalue weighted by atomic mass is 9.88. The van der Waals surface area contributed by atoms with Crippen LogP contribution in [0.25, 0.3) is 0 Å². The average Bonchev–Trinajstić information content (AvgIpc) is 2.15. The zero-order chi connectivity index (χ0) is 11.9. The molecule has 2 N–H and O–H groups in total. The fraction of sp³-hybridized carbons (Fsp3) is 0.636. The van der Waals surface area contributed by atoms with E-state index in [1.165, 1.54) is 0 Å². The van der Waals surface area contributed by atoms with Crippen molar-refractivity contribution in [1.29, 1.82) is 0 Å². The highest BCUT2D eigenvalue weighted by Gasteiger charge is 2.26. The summed E-state index contributed by atoms with van der Waals surface area (Å²) >= 11 is 0. The van der Waals surface area contributed by atoms with E-state index >= 15 is 0 Å². The van der Waals surface area contributed by atoms with Gasteiger partial charge in [0.15, 0.2) is 0 Å². The summed E-state index contributed by atoms with van der Waals surface area (Å²) in [5.41, 5.74) is -0.101. The van der Waals surface area contributed by atoms with E-state index in [0.717, 1.165) is 6.54 Å². The smallest absolute Gasteiger partial charge is 0.261 e. The number of aromatic nitrogens is 2. The molecule has 5 heteroatoms. The van der Waals surface area contributed by atoms with E-state index in [2.05, 4.69) is 10.3 Å². The van der Waals surface area contributed by atoms with Gasteiger partial charge in [-0.15, -0.1) is 0 Å². The number of nitrogens with zero attached hydrogens (tertiary/aromatic N) is 2. The van der Waals surface area contributed by atoms with Gasteiger partial charge < -0.3 is 10.4 Å². The van der Waals surface area contributed by atoms with Gasteiger partial charge in [0.1, 0.15) is 5.82 Å². The molecule has 0 amide bonds. The Morgan fingerprint density at radius 3 is 2.75 bits per heavy atom. The fourth-order valence-electron chi connectivity index (χ4n) is 2.00. The van der Waals surface area contributed by atoms with Gasteiger partial charge in [0.25, 0.3) is 5.56 Å². The van der Waals surface area contributed by atoms with Gasteiger partial charge in [-0.25, -0.2) is 0 Å². The van der Waals surface area contributed by atoms with Crippen LogP contribution in [0.4, 0.5) is 0 Å². The highest BCUT2D eigenvalue weighted by Crippen LogP contribution is 2.25. The molecular weight excluding hydrogens is 206 g/mol. The van der Waals surface area contributed by atoms with E-state index in [4.69, 9.17) is 0 Å². The number of nitrogens with one attached hydrogen (secondary N) is 1. The Morgan fingerprint density at radius 1 is 1.44 bits per heavy atom. The summed E-state index contributed by atoms with van der Waals surface area (Å²) in [7, 11) is 0. The van der Waals surface area contributed by atoms with E-state index in [1.807, 2.05) is 20.8 Å². The largest absolute Gasteiger partial charge is 0.493 e. The molecule has 1 aromatic heterocycles. The molecule has 0 saturated heterocycles. The first-order chi connectivity index (χ1) is 7.41. The third kappa shape index (κ3) is 1.71. The van der Waals surface area contributed by atoms with E-state index < -0.39 is 0 Å². The topological polar surface area (TPSA) is 67.2 Å². The van der Waals surface area contributed by atoms with Gasteiger partial charge >= 0.3 is 0 Å². The molecule has 2 rings (SSSR count). The fourth-order valence-corrected chi connectivity index (χ4v) is 2.00. The van der Waals surface area contributed by atoms with E-state index in [-0.39, 0.29) is 16.9 Å². The van der Waals surface area contributed by atoms with Crippen LogP contribution in [0.2, 0.25) is 0 Å². The molecular formula is C11H17N3O2. The zero-order valence-corrected chi connectivity index (χ0v) is 9.87. The molecule has 2 heterocycles. The van der Waals surface area contributed by atoms with Crippen molar-refractivity contribution in [2.75, 3.05) is 6.54 Å². The van der Waals surface area contributed by atoms with Crippen LogP contribution < -0.4 is 10.9 Å². The molecule has 16 heavy (non-hydrogen) atoms. The Labute approximate surface area is 94.1 Å². The van der Waals surface area contributed by atoms with Crippen molar-refractivity contribution >= 4 is 0 Å². The minimum Gasteiger partial charge on any atom is -0.493 e. The van der Waals surface area contributed by atoms with E-state index in [1.54, 1.807) is 4.57 Å². The maximum absolute atomic E-state index is 12.2. The summed E-state index contributed by atoms with van der Waals surface area (Å²) < 4.78 is 1.65. The normalized spacial score (nSPS) is 15.9. The highest BCUT2D eigenvalue weighted by molar-refractivity contribution is 5.30. The first-order valence-electron chi connectivity index (χ1n) is 5.45. The molecule has 0 spiro atoms. The zero-order valence-electron chi connectivity index (χ0n) is 9.87. The Morgan fingerprint density at radius 2 is 2.12 bits per heavy atom. The summed E-state index contributed by atoms with van der Waals surface area (Å²) in [6.45, 7) is 7.62. The lowest BCUT2D eigenvalue weighted by Crippen LogP contribution is -2.40. The van der Waals surface area contributed by atoms with Crippen molar-refractivity contribution in [3.8, 4) is 5.88 Å². The monoisotopic (exact) mass is 223 g/mol. The summed E-state index contributed by atoms with van der Waals surface area (Å²) in [6, 6.07) is 0. The maximum atomic E-state index is 12.2. The predicted octanol–water partition coefficient (Wildman–Crippen LogP) is 0.350. The number of hydrogen-bond donors (Lipinski definition) is 2. The molecule has 5 nitrogen and oxygen atoms in total. The second-order valence-corrected chi connectivity index (χ2v) is 5.11. The Bertz CT molecular complexity index is 471. The highest BCUT2D eigenvalue weighted by atomic mass is 16.3. The molecule has 0 aromatic carbocycles. The molecule has 0 unspecified atom stereocenters. The third-order valence-electron chi connectivity index (χ3n) is 2.77. The molecule has 0 aliphatic carbocycles. The van der Waals surface area contributed by atoms with Crippen LogP contribution in [0.3, 0.4) is 0 Å². The Balaban J connectivity index is 2.69. The Hall–Kier alpha value is -1.36. The number of hydrogen-bond acceptors (Lipinski definition) is 4. The third-order valence-corrected chi connectivity index (χ3v) is 2.77. The van der Waals surface area contributed by atoms with Gasteiger partial charge in [-0.2, -0.15) is 4.98 Å². The predicted molar refractivity (Wildman–Crippen MR) is 60.6 cm³/mol. The summed E-state index contributed by atoms with van der Waals surface area (Å²) in [4.78, 5) is 16.3. The van der Waals surface area contributed by atoms with Crippen LogP contribution in [-0.4, -0.2) is 21.2 Å². The molecule has 0 atom stereocenters. The number of fused-ring (bicyclic) bond motifs is 1. The summed E-state index contributed by atoms with van der Waals surface area (Å²) in [5.74, 6) is 0.481. The van der Waals surface area contributed by atoms with Crippen molar-refractivity contribution in [1.82, 2.24) is 14.9 Å². The van der Waals surface area contributed by atoms with Crippen molar-refractivity contribution in [2.24, 2.45) is 0 Å². The maximum Gasteiger partial charge on any atom is 0.261 e. The van der Waals surface area contributed by atoms with Crippen LogP contribution in [0.1, 0.15) is 32.2 Å². The minimum atomic E-state index is -0.388. The van der Waals surface area contributed by atoms with Gasteiger partial charge in [0, 0.05) is 13.1 Å². The number of aromatic hydroxyl groups is 1. The van der Waals surface area contributed by atoms with Crippen LogP contribution >= 0.6 is 0 Å². The second-order valence-electron chi connectivity index (χ2n) is 5.11. The van der Waals surface area contributed by atoms with Gasteiger partial charge in [0.2, 0.25) is 5.88 Å². The van der Waals surface area contributed by atoms with Crippen LogP contribution in [0.5, 0.6) is 5.88 Å². The van der Waals surface area contributed by atoms with Crippen molar-refractivity contribution in [3.05, 3.63) is 21.7 Å². The second kappa shape index (κ2) is 3.59. The molecule has 88 valence electrons. The summed E-state index contributed by atoms with van der Waals surface area (Å²) in [6.07, 6.45) is 0. The molecule has 1 aliphatic rings. The van der Waals surface area contributed by atoms with Gasteiger partial charge in [-0.1, -0.05) is 20.8 Å². The molecule has 0 fully saturated rings. The SMILES string of the molecule is CC(C)(C)c1c(O)nc2n(c1=O)CCNC2. The minimum absolute atomic E-state index is 0.114. The average molecular weight is 223 g/mol. The van der Waals surface area contributed by atoms with Gasteiger partial charge in [-0.3, -0.25) is 9.36 Å². The van der Waals surface area contributed by atoms with Crippen LogP contribution in [0, 0.1) is 0 Å².